The van der Waals surface area contributed by atoms with Crippen LogP contribution in [-0.4, -0.2) is 47.4 Å². The molecule has 0 spiro atoms. The summed E-state index contributed by atoms with van der Waals surface area (Å²) in [6, 6.07) is 6.77. The van der Waals surface area contributed by atoms with Gasteiger partial charge in [0.2, 0.25) is 5.91 Å². The standard InChI is InChI=1S/C16H20N2O4/c1-2-9-17(11-15(20)21)16(22)12-5-7-13(8-6-12)18-10-3-4-14(18)19/h5-8H,2-4,9-11H2,1H3,(H,20,21). The van der Waals surface area contributed by atoms with E-state index in [1.54, 1.807) is 29.2 Å². The Morgan fingerprint density at radius 3 is 2.45 bits per heavy atom. The number of nitrogens with zero attached hydrogens (tertiary/aromatic N) is 2. The zero-order valence-corrected chi connectivity index (χ0v) is 12.6. The van der Waals surface area contributed by atoms with E-state index in [1.807, 2.05) is 6.92 Å². The van der Waals surface area contributed by atoms with Crippen molar-refractivity contribution in [1.82, 2.24) is 4.90 Å². The Labute approximate surface area is 129 Å². The SMILES string of the molecule is CCCN(CC(=O)O)C(=O)c1ccc(N2CCCC2=O)cc1. The molecule has 22 heavy (non-hydrogen) atoms. The summed E-state index contributed by atoms with van der Waals surface area (Å²) in [5, 5.41) is 8.89. The maximum atomic E-state index is 12.3. The lowest BCUT2D eigenvalue weighted by Gasteiger charge is -2.21. The van der Waals surface area contributed by atoms with Gasteiger partial charge in [-0.3, -0.25) is 14.4 Å². The van der Waals surface area contributed by atoms with Crippen molar-refractivity contribution >= 4 is 23.5 Å². The molecule has 2 amide bonds. The topological polar surface area (TPSA) is 77.9 Å². The lowest BCUT2D eigenvalue weighted by molar-refractivity contribution is -0.137. The van der Waals surface area contributed by atoms with Gasteiger partial charge in [0.15, 0.2) is 0 Å². The van der Waals surface area contributed by atoms with Gasteiger partial charge >= 0.3 is 5.97 Å². The van der Waals surface area contributed by atoms with Crippen molar-refractivity contribution in [3.05, 3.63) is 29.8 Å². The normalized spacial score (nSPS) is 14.2. The van der Waals surface area contributed by atoms with Crippen LogP contribution in [0.5, 0.6) is 0 Å². The molecule has 1 fully saturated rings. The number of benzene rings is 1. The fourth-order valence-corrected chi connectivity index (χ4v) is 2.57. The van der Waals surface area contributed by atoms with Crippen molar-refractivity contribution < 1.29 is 19.5 Å². The Balaban J connectivity index is 2.12. The molecule has 0 bridgehead atoms. The number of anilines is 1. The first-order valence-corrected chi connectivity index (χ1v) is 7.44. The van der Waals surface area contributed by atoms with Crippen LogP contribution in [0.4, 0.5) is 5.69 Å². The van der Waals surface area contributed by atoms with Gasteiger partial charge in [0.25, 0.3) is 5.91 Å². The fourth-order valence-electron chi connectivity index (χ4n) is 2.57. The molecule has 1 saturated heterocycles. The van der Waals surface area contributed by atoms with Gasteiger partial charge in [-0.05, 0) is 37.1 Å². The van der Waals surface area contributed by atoms with Crippen molar-refractivity contribution in [1.29, 1.82) is 0 Å². The van der Waals surface area contributed by atoms with Gasteiger partial charge in [0.1, 0.15) is 6.54 Å². The third kappa shape index (κ3) is 3.63. The third-order valence-corrected chi connectivity index (χ3v) is 3.61. The van der Waals surface area contributed by atoms with E-state index in [9.17, 15) is 14.4 Å². The van der Waals surface area contributed by atoms with Gasteiger partial charge in [0.05, 0.1) is 0 Å². The second kappa shape index (κ2) is 7.06. The quantitative estimate of drug-likeness (QED) is 0.868. The van der Waals surface area contributed by atoms with Gasteiger partial charge in [-0.25, -0.2) is 0 Å². The van der Waals surface area contributed by atoms with Crippen LogP contribution in [0, 0.1) is 0 Å². The molecule has 1 aliphatic rings. The van der Waals surface area contributed by atoms with Crippen molar-refractivity contribution in [3.63, 3.8) is 0 Å². The highest BCUT2D eigenvalue weighted by atomic mass is 16.4. The monoisotopic (exact) mass is 304 g/mol. The molecule has 0 aromatic heterocycles. The number of amides is 2. The summed E-state index contributed by atoms with van der Waals surface area (Å²) in [6.45, 7) is 2.69. The van der Waals surface area contributed by atoms with Gasteiger partial charge < -0.3 is 14.9 Å². The fraction of sp³-hybridized carbons (Fsp3) is 0.438. The van der Waals surface area contributed by atoms with Gasteiger partial charge in [0, 0.05) is 30.8 Å². The van der Waals surface area contributed by atoms with Gasteiger partial charge in [-0.15, -0.1) is 0 Å². The number of hydrogen-bond acceptors (Lipinski definition) is 3. The third-order valence-electron chi connectivity index (χ3n) is 3.61. The van der Waals surface area contributed by atoms with E-state index in [1.165, 1.54) is 4.90 Å². The molecular formula is C16H20N2O4. The molecule has 0 atom stereocenters. The molecule has 118 valence electrons. The molecule has 1 heterocycles. The summed E-state index contributed by atoms with van der Waals surface area (Å²) >= 11 is 0. The first-order valence-electron chi connectivity index (χ1n) is 7.44. The minimum Gasteiger partial charge on any atom is -0.480 e. The smallest absolute Gasteiger partial charge is 0.323 e. The van der Waals surface area contributed by atoms with Crippen LogP contribution < -0.4 is 4.90 Å². The molecule has 1 aliphatic heterocycles. The minimum atomic E-state index is -1.03. The summed E-state index contributed by atoms with van der Waals surface area (Å²) in [7, 11) is 0. The average Bonchev–Trinajstić information content (AvgIpc) is 2.92. The summed E-state index contributed by atoms with van der Waals surface area (Å²) in [5.74, 6) is -1.23. The lowest BCUT2D eigenvalue weighted by Crippen LogP contribution is -2.36. The van der Waals surface area contributed by atoms with E-state index in [2.05, 4.69) is 0 Å². The number of hydrogen-bond donors (Lipinski definition) is 1. The molecular weight excluding hydrogens is 284 g/mol. The average molecular weight is 304 g/mol. The first-order chi connectivity index (χ1) is 10.5. The second-order valence-corrected chi connectivity index (χ2v) is 5.32. The molecule has 1 N–H and O–H groups in total. The van der Waals surface area contributed by atoms with Crippen molar-refractivity contribution in [3.8, 4) is 0 Å². The number of rotatable bonds is 6. The number of carbonyl (C=O) groups excluding carboxylic acids is 2. The summed E-state index contributed by atoms with van der Waals surface area (Å²) < 4.78 is 0. The summed E-state index contributed by atoms with van der Waals surface area (Å²) in [4.78, 5) is 37.9. The number of carboxylic acid groups (broad SMARTS) is 1. The Kier molecular flexibility index (Phi) is 5.14. The molecule has 6 heteroatoms. The Morgan fingerprint density at radius 2 is 1.95 bits per heavy atom. The van der Waals surface area contributed by atoms with E-state index in [0.29, 0.717) is 31.5 Å². The zero-order valence-electron chi connectivity index (χ0n) is 12.6. The van der Waals surface area contributed by atoms with Crippen LogP contribution in [0.1, 0.15) is 36.5 Å². The van der Waals surface area contributed by atoms with Crippen molar-refractivity contribution in [2.75, 3.05) is 24.5 Å². The maximum Gasteiger partial charge on any atom is 0.323 e. The highest BCUT2D eigenvalue weighted by molar-refractivity contribution is 5.98. The molecule has 1 aromatic carbocycles. The number of carboxylic acids is 1. The zero-order chi connectivity index (χ0) is 16.1. The highest BCUT2D eigenvalue weighted by Crippen LogP contribution is 2.22. The van der Waals surface area contributed by atoms with Crippen LogP contribution in [0.25, 0.3) is 0 Å². The van der Waals surface area contributed by atoms with Crippen molar-refractivity contribution in [2.45, 2.75) is 26.2 Å². The lowest BCUT2D eigenvalue weighted by atomic mass is 10.1. The van der Waals surface area contributed by atoms with Gasteiger partial charge in [-0.1, -0.05) is 6.92 Å². The van der Waals surface area contributed by atoms with E-state index >= 15 is 0 Å². The van der Waals surface area contributed by atoms with E-state index in [4.69, 9.17) is 5.11 Å². The van der Waals surface area contributed by atoms with Crippen LogP contribution in [0.15, 0.2) is 24.3 Å². The summed E-state index contributed by atoms with van der Waals surface area (Å²) in [6.07, 6.45) is 2.10. The van der Waals surface area contributed by atoms with Crippen LogP contribution >= 0.6 is 0 Å². The Bertz CT molecular complexity index is 568. The van der Waals surface area contributed by atoms with E-state index in [-0.39, 0.29) is 18.4 Å². The van der Waals surface area contributed by atoms with Crippen LogP contribution in [0.2, 0.25) is 0 Å². The first kappa shape index (κ1) is 16.0. The van der Waals surface area contributed by atoms with Crippen molar-refractivity contribution in [2.24, 2.45) is 0 Å². The minimum absolute atomic E-state index is 0.0950. The second-order valence-electron chi connectivity index (χ2n) is 5.32. The van der Waals surface area contributed by atoms with E-state index < -0.39 is 5.97 Å². The molecule has 0 radical (unpaired) electrons. The predicted molar refractivity (Wildman–Crippen MR) is 81.9 cm³/mol. The predicted octanol–water partition coefficient (Wildman–Crippen LogP) is 1.75. The number of aliphatic carboxylic acids is 1. The summed E-state index contributed by atoms with van der Waals surface area (Å²) in [5.41, 5.74) is 1.21. The highest BCUT2D eigenvalue weighted by Gasteiger charge is 2.22. The molecule has 6 nitrogen and oxygen atoms in total. The molecule has 0 unspecified atom stereocenters. The van der Waals surface area contributed by atoms with E-state index in [0.717, 1.165) is 12.1 Å². The van der Waals surface area contributed by atoms with Crippen LogP contribution in [-0.2, 0) is 9.59 Å². The largest absolute Gasteiger partial charge is 0.480 e. The number of carbonyl (C=O) groups is 3. The molecule has 0 saturated carbocycles. The van der Waals surface area contributed by atoms with Gasteiger partial charge in [-0.2, -0.15) is 0 Å². The maximum absolute atomic E-state index is 12.3. The van der Waals surface area contributed by atoms with Crippen LogP contribution in [0.3, 0.4) is 0 Å². The Morgan fingerprint density at radius 1 is 1.27 bits per heavy atom. The molecule has 2 rings (SSSR count). The molecule has 0 aliphatic carbocycles. The molecule has 1 aromatic rings. The Hall–Kier alpha value is -2.37.